The van der Waals surface area contributed by atoms with Crippen LogP contribution in [0.1, 0.15) is 83.9 Å². The van der Waals surface area contributed by atoms with Crippen LogP contribution in [0.3, 0.4) is 0 Å². The Balaban J connectivity index is 1.44. The maximum atomic E-state index is 5.43. The summed E-state index contributed by atoms with van der Waals surface area (Å²) in [4.78, 5) is 16.0. The van der Waals surface area contributed by atoms with E-state index in [-0.39, 0.29) is 0 Å². The van der Waals surface area contributed by atoms with Gasteiger partial charge in [-0.05, 0) is 158 Å². The zero-order valence-corrected chi connectivity index (χ0v) is 39.9. The van der Waals surface area contributed by atoms with Crippen molar-refractivity contribution < 1.29 is 0 Å². The highest BCUT2D eigenvalue weighted by Gasteiger charge is 2.23. The van der Waals surface area contributed by atoms with Crippen molar-refractivity contribution in [2.75, 3.05) is 12.5 Å². The van der Waals surface area contributed by atoms with Gasteiger partial charge in [0, 0.05) is 67.0 Å². The van der Waals surface area contributed by atoms with Gasteiger partial charge in [0.15, 0.2) is 0 Å². The van der Waals surface area contributed by atoms with Crippen molar-refractivity contribution in [3.8, 4) is 22.3 Å². The van der Waals surface area contributed by atoms with Crippen molar-refractivity contribution in [2.45, 2.75) is 112 Å². The largest absolute Gasteiger partial charge is 0.308 e. The highest BCUT2D eigenvalue weighted by Crippen LogP contribution is 2.39. The maximum absolute atomic E-state index is 5.43. The Morgan fingerprint density at radius 1 is 0.458 bits per heavy atom. The third kappa shape index (κ3) is 11.9. The Kier molecular flexibility index (Phi) is 16.3. The van der Waals surface area contributed by atoms with Crippen molar-refractivity contribution in [1.29, 1.82) is 0 Å². The highest BCUT2D eigenvalue weighted by atomic mass is 32.2. The minimum absolute atomic E-state index is 0.478. The number of nitrogens with one attached hydrogen (secondary N) is 1. The fourth-order valence-corrected chi connectivity index (χ4v) is 10.4. The number of thioether (sulfide) groups is 4. The zero-order chi connectivity index (χ0) is 42.1. The normalized spacial score (nSPS) is 11.6. The van der Waals surface area contributed by atoms with Gasteiger partial charge in [0.1, 0.15) is 0 Å². The van der Waals surface area contributed by atoms with Crippen molar-refractivity contribution in [1.82, 2.24) is 15.3 Å². The van der Waals surface area contributed by atoms with Gasteiger partial charge in [0.2, 0.25) is 0 Å². The molecular formula is C52H61N3S4. The summed E-state index contributed by atoms with van der Waals surface area (Å²) in [7, 11) is 0. The molecule has 7 heteroatoms. The van der Waals surface area contributed by atoms with E-state index in [0.29, 0.717) is 24.9 Å². The van der Waals surface area contributed by atoms with Gasteiger partial charge in [-0.25, -0.2) is 0 Å². The van der Waals surface area contributed by atoms with E-state index in [1.54, 1.807) is 23.5 Å². The van der Waals surface area contributed by atoms with E-state index in [1.165, 1.54) is 86.6 Å². The lowest BCUT2D eigenvalue weighted by atomic mass is 9.89. The van der Waals surface area contributed by atoms with Crippen LogP contribution in [-0.4, -0.2) is 22.5 Å². The molecule has 0 saturated heterocycles. The Bertz CT molecular complexity index is 2130. The van der Waals surface area contributed by atoms with E-state index in [4.69, 9.17) is 9.97 Å². The molecule has 0 radical (unpaired) electrons. The number of benzene rings is 4. The monoisotopic (exact) mass is 855 g/mol. The molecule has 0 spiro atoms. The van der Waals surface area contributed by atoms with Gasteiger partial charge in [0.25, 0.3) is 0 Å². The summed E-state index contributed by atoms with van der Waals surface area (Å²) >= 11 is 7.38. The lowest BCUT2D eigenvalue weighted by molar-refractivity contribution is 0.605. The van der Waals surface area contributed by atoms with Gasteiger partial charge in [0.05, 0.1) is 0 Å². The molecule has 0 aliphatic heterocycles. The predicted octanol–water partition coefficient (Wildman–Crippen LogP) is 14.8. The fraction of sp³-hybridized carbons (Fsp3) is 0.346. The highest BCUT2D eigenvalue weighted by molar-refractivity contribution is 7.99. The Morgan fingerprint density at radius 3 is 1.12 bits per heavy atom. The van der Waals surface area contributed by atoms with Crippen LogP contribution >= 0.6 is 47.0 Å². The third-order valence-corrected chi connectivity index (χ3v) is 14.3. The van der Waals surface area contributed by atoms with E-state index in [9.17, 15) is 0 Å². The van der Waals surface area contributed by atoms with Gasteiger partial charge in [-0.15, -0.1) is 47.0 Å². The van der Waals surface area contributed by atoms with E-state index in [1.807, 2.05) is 23.5 Å². The Hall–Kier alpha value is -3.46. The minimum atomic E-state index is 0.478. The van der Waals surface area contributed by atoms with Crippen LogP contribution in [0, 0.1) is 39.5 Å². The van der Waals surface area contributed by atoms with E-state index >= 15 is 0 Å². The Labute approximate surface area is 372 Å². The molecule has 0 unspecified atom stereocenters. The fourth-order valence-electron chi connectivity index (χ4n) is 7.64. The molecule has 0 atom stereocenters. The van der Waals surface area contributed by atoms with Gasteiger partial charge in [-0.1, -0.05) is 87.4 Å². The first-order valence-corrected chi connectivity index (χ1v) is 25.3. The van der Waals surface area contributed by atoms with Crippen LogP contribution in [0.2, 0.25) is 0 Å². The van der Waals surface area contributed by atoms with Crippen molar-refractivity contribution >= 4 is 47.0 Å². The molecule has 0 aliphatic carbocycles. The lowest BCUT2D eigenvalue weighted by Gasteiger charge is -2.24. The minimum Gasteiger partial charge on any atom is -0.308 e. The summed E-state index contributed by atoms with van der Waals surface area (Å²) in [6.07, 6.45) is 6.12. The Morgan fingerprint density at radius 2 is 0.797 bits per heavy atom. The van der Waals surface area contributed by atoms with Crippen LogP contribution < -0.4 is 5.32 Å². The smallest absolute Gasteiger partial charge is 0.0460 e. The molecule has 0 aliphatic rings. The molecule has 1 N–H and O–H groups in total. The number of hydrogen-bond donors (Lipinski definition) is 1. The van der Waals surface area contributed by atoms with Gasteiger partial charge in [-0.2, -0.15) is 0 Å². The molecule has 0 saturated carbocycles. The first kappa shape index (κ1) is 45.1. The van der Waals surface area contributed by atoms with E-state index in [0.717, 1.165) is 35.7 Å². The molecule has 6 rings (SSSR count). The number of nitrogens with zero attached hydrogens (tertiary/aromatic N) is 2. The van der Waals surface area contributed by atoms with Gasteiger partial charge in [-0.3, -0.25) is 9.97 Å². The number of aromatic nitrogens is 2. The summed E-state index contributed by atoms with van der Waals surface area (Å²) in [6.45, 7) is 19.4. The molecule has 308 valence electrons. The average molecular weight is 856 g/mol. The lowest BCUT2D eigenvalue weighted by Crippen LogP contribution is -2.21. The molecule has 2 aromatic heterocycles. The molecule has 0 amide bonds. The van der Waals surface area contributed by atoms with Crippen LogP contribution in [0.25, 0.3) is 22.3 Å². The second-order valence-electron chi connectivity index (χ2n) is 16.4. The van der Waals surface area contributed by atoms with Crippen LogP contribution in [0.15, 0.2) is 117 Å². The van der Waals surface area contributed by atoms with Crippen LogP contribution in [0.5, 0.6) is 0 Å². The molecule has 59 heavy (non-hydrogen) atoms. The SMILES string of the molecule is CSc1ccc(SCc2c(C)nc(CC(C)C)c(CNCc3c(CC(C)C)nc(C)c(CSc4ccc(SC)cc4)c3-c3ccc(C)cc3)c2-c2ccc(C)cc2)cc1. The standard InChI is InChI=1S/C52H61N3S4/c1-33(2)27-49-45(51(39-15-11-35(5)12-16-39)47(37(7)54-49)31-58-43-23-19-41(56-9)20-24-43)29-53-30-46-50(28-34(3)4)55-38(8)48(52(46)40-17-13-36(6)14-18-40)32-59-44-25-21-42(57-10)22-26-44/h11-26,33-34,53H,27-32H2,1-10H3. The quantitative estimate of drug-likeness (QED) is 0.0863. The second kappa shape index (κ2) is 21.4. The summed E-state index contributed by atoms with van der Waals surface area (Å²) in [5, 5.41) is 4.06. The van der Waals surface area contributed by atoms with Gasteiger partial charge >= 0.3 is 0 Å². The maximum Gasteiger partial charge on any atom is 0.0460 e. The third-order valence-electron chi connectivity index (χ3n) is 10.8. The summed E-state index contributed by atoms with van der Waals surface area (Å²) < 4.78 is 0. The molecular weight excluding hydrogens is 795 g/mol. The molecule has 4 aromatic carbocycles. The first-order chi connectivity index (χ1) is 28.4. The molecule has 0 bridgehead atoms. The molecule has 3 nitrogen and oxygen atoms in total. The number of aryl methyl sites for hydroxylation is 4. The van der Waals surface area contributed by atoms with Gasteiger partial charge < -0.3 is 5.32 Å². The summed E-state index contributed by atoms with van der Waals surface area (Å²) in [6, 6.07) is 36.2. The summed E-state index contributed by atoms with van der Waals surface area (Å²) in [5.41, 5.74) is 17.7. The molecule has 6 aromatic rings. The zero-order valence-electron chi connectivity index (χ0n) is 36.7. The number of pyridine rings is 2. The van der Waals surface area contributed by atoms with Crippen molar-refractivity contribution in [2.24, 2.45) is 11.8 Å². The van der Waals surface area contributed by atoms with E-state index in [2.05, 4.69) is 170 Å². The average Bonchev–Trinajstić information content (AvgIpc) is 3.22. The van der Waals surface area contributed by atoms with Crippen LogP contribution in [0.4, 0.5) is 0 Å². The number of rotatable bonds is 18. The molecule has 0 fully saturated rings. The topological polar surface area (TPSA) is 37.8 Å². The first-order valence-electron chi connectivity index (χ1n) is 20.8. The predicted molar refractivity (Wildman–Crippen MR) is 261 cm³/mol. The second-order valence-corrected chi connectivity index (χ2v) is 20.3. The molecule has 2 heterocycles. The van der Waals surface area contributed by atoms with Crippen LogP contribution in [-0.2, 0) is 37.4 Å². The van der Waals surface area contributed by atoms with Crippen molar-refractivity contribution in [3.63, 3.8) is 0 Å². The van der Waals surface area contributed by atoms with E-state index < -0.39 is 0 Å². The van der Waals surface area contributed by atoms with Crippen molar-refractivity contribution in [3.05, 3.63) is 153 Å². The summed E-state index contributed by atoms with van der Waals surface area (Å²) in [5.74, 6) is 2.67. The number of hydrogen-bond acceptors (Lipinski definition) is 7.